The molecule has 0 heterocycles. The summed E-state index contributed by atoms with van der Waals surface area (Å²) in [6.45, 7) is 4.22. The quantitative estimate of drug-likeness (QED) is 0.882. The number of halogens is 1. The molecule has 0 aliphatic heterocycles. The van der Waals surface area contributed by atoms with Gasteiger partial charge in [0.2, 0.25) is 5.91 Å². The molecule has 0 aliphatic rings. The first-order valence-corrected chi connectivity index (χ1v) is 6.24. The van der Waals surface area contributed by atoms with E-state index in [1.165, 1.54) is 24.1 Å². The number of nitrogens with zero attached hydrogens (tertiary/aromatic N) is 1. The normalized spacial score (nSPS) is 10.1. The molecule has 4 nitrogen and oxygen atoms in total. The Morgan fingerprint density at radius 1 is 1.37 bits per heavy atom. The summed E-state index contributed by atoms with van der Waals surface area (Å²) in [5.41, 5.74) is 0.791. The van der Waals surface area contributed by atoms with E-state index in [1.807, 2.05) is 6.92 Å². The molecule has 0 aliphatic carbocycles. The topological polar surface area (TPSA) is 49.4 Å². The molecule has 104 valence electrons. The minimum atomic E-state index is -0.573. The maximum Gasteiger partial charge on any atom is 0.257 e. The predicted octanol–water partition coefficient (Wildman–Crippen LogP) is 1.73. The van der Waals surface area contributed by atoms with E-state index in [9.17, 15) is 14.0 Å². The smallest absolute Gasteiger partial charge is 0.257 e. The SMILES string of the molecule is CCCNC(=O)CN(C)C(=O)c1cc(C)ccc1F. The van der Waals surface area contributed by atoms with Gasteiger partial charge in [-0.25, -0.2) is 4.39 Å². The Labute approximate surface area is 112 Å². The molecule has 0 saturated carbocycles. The summed E-state index contributed by atoms with van der Waals surface area (Å²) in [4.78, 5) is 24.7. The molecule has 0 saturated heterocycles. The average Bonchev–Trinajstić information content (AvgIpc) is 2.38. The first-order valence-electron chi connectivity index (χ1n) is 6.24. The van der Waals surface area contributed by atoms with Crippen molar-refractivity contribution in [3.8, 4) is 0 Å². The summed E-state index contributed by atoms with van der Waals surface area (Å²) in [5.74, 6) is -1.31. The number of carbonyl (C=O) groups is 2. The Kier molecular flexibility index (Phi) is 5.48. The van der Waals surface area contributed by atoms with E-state index in [4.69, 9.17) is 0 Å². The molecule has 0 radical (unpaired) electrons. The Bertz CT molecular complexity index is 475. The van der Waals surface area contributed by atoms with Crippen molar-refractivity contribution in [3.63, 3.8) is 0 Å². The number of likely N-dealkylation sites (N-methyl/N-ethyl adjacent to an activating group) is 1. The van der Waals surface area contributed by atoms with Gasteiger partial charge in [-0.3, -0.25) is 9.59 Å². The molecule has 0 unspecified atom stereocenters. The van der Waals surface area contributed by atoms with Gasteiger partial charge in [0.15, 0.2) is 0 Å². The summed E-state index contributed by atoms with van der Waals surface area (Å²) in [6, 6.07) is 4.34. The van der Waals surface area contributed by atoms with Crippen LogP contribution in [0, 0.1) is 12.7 Å². The Morgan fingerprint density at radius 2 is 2.05 bits per heavy atom. The van der Waals surface area contributed by atoms with E-state index in [0.29, 0.717) is 6.54 Å². The van der Waals surface area contributed by atoms with Crippen molar-refractivity contribution >= 4 is 11.8 Å². The van der Waals surface area contributed by atoms with Crippen LogP contribution in [0.1, 0.15) is 29.3 Å². The maximum atomic E-state index is 13.6. The van der Waals surface area contributed by atoms with Gasteiger partial charge in [0, 0.05) is 13.6 Å². The zero-order chi connectivity index (χ0) is 14.4. The van der Waals surface area contributed by atoms with Crippen LogP contribution in [0.15, 0.2) is 18.2 Å². The van der Waals surface area contributed by atoms with Crippen molar-refractivity contribution in [1.29, 1.82) is 0 Å². The number of hydrogen-bond donors (Lipinski definition) is 1. The van der Waals surface area contributed by atoms with Gasteiger partial charge in [-0.15, -0.1) is 0 Å². The summed E-state index contributed by atoms with van der Waals surface area (Å²) < 4.78 is 13.6. The molecule has 1 rings (SSSR count). The van der Waals surface area contributed by atoms with Crippen molar-refractivity contribution < 1.29 is 14.0 Å². The Morgan fingerprint density at radius 3 is 2.68 bits per heavy atom. The van der Waals surface area contributed by atoms with Crippen LogP contribution in [0.3, 0.4) is 0 Å². The summed E-state index contributed by atoms with van der Waals surface area (Å²) in [7, 11) is 1.48. The fourth-order valence-electron chi connectivity index (χ4n) is 1.62. The molecule has 5 heteroatoms. The van der Waals surface area contributed by atoms with Crippen LogP contribution >= 0.6 is 0 Å². The van der Waals surface area contributed by atoms with Crippen LogP contribution in [-0.4, -0.2) is 36.9 Å². The fraction of sp³-hybridized carbons (Fsp3) is 0.429. The third-order valence-corrected chi connectivity index (χ3v) is 2.65. The third kappa shape index (κ3) is 4.35. The predicted molar refractivity (Wildman–Crippen MR) is 71.4 cm³/mol. The van der Waals surface area contributed by atoms with Crippen molar-refractivity contribution in [2.75, 3.05) is 20.1 Å². The summed E-state index contributed by atoms with van der Waals surface area (Å²) >= 11 is 0. The van der Waals surface area contributed by atoms with E-state index < -0.39 is 11.7 Å². The monoisotopic (exact) mass is 266 g/mol. The van der Waals surface area contributed by atoms with Crippen molar-refractivity contribution in [2.45, 2.75) is 20.3 Å². The molecule has 0 bridgehead atoms. The lowest BCUT2D eigenvalue weighted by Gasteiger charge is -2.17. The van der Waals surface area contributed by atoms with Crippen LogP contribution in [0.2, 0.25) is 0 Å². The zero-order valence-electron chi connectivity index (χ0n) is 11.5. The van der Waals surface area contributed by atoms with E-state index in [2.05, 4.69) is 5.32 Å². The van der Waals surface area contributed by atoms with E-state index in [-0.39, 0.29) is 18.0 Å². The lowest BCUT2D eigenvalue weighted by Crippen LogP contribution is -2.38. The van der Waals surface area contributed by atoms with Crippen LogP contribution in [-0.2, 0) is 4.79 Å². The van der Waals surface area contributed by atoms with Gasteiger partial charge in [0.1, 0.15) is 5.82 Å². The maximum absolute atomic E-state index is 13.6. The van der Waals surface area contributed by atoms with Crippen LogP contribution < -0.4 is 5.32 Å². The van der Waals surface area contributed by atoms with Crippen LogP contribution in [0.4, 0.5) is 4.39 Å². The second-order valence-corrected chi connectivity index (χ2v) is 4.49. The Hall–Kier alpha value is -1.91. The van der Waals surface area contributed by atoms with Crippen molar-refractivity contribution in [2.24, 2.45) is 0 Å². The average molecular weight is 266 g/mol. The van der Waals surface area contributed by atoms with Gasteiger partial charge in [0.25, 0.3) is 5.91 Å². The lowest BCUT2D eigenvalue weighted by atomic mass is 10.1. The number of carbonyl (C=O) groups excluding carboxylic acids is 2. The fourth-order valence-corrected chi connectivity index (χ4v) is 1.62. The molecule has 1 aromatic carbocycles. The first kappa shape index (κ1) is 15.1. The summed E-state index contributed by atoms with van der Waals surface area (Å²) in [5, 5.41) is 2.67. The van der Waals surface area contributed by atoms with Gasteiger partial charge in [-0.1, -0.05) is 18.6 Å². The van der Waals surface area contributed by atoms with Gasteiger partial charge in [-0.2, -0.15) is 0 Å². The number of amides is 2. The number of hydrogen-bond acceptors (Lipinski definition) is 2. The van der Waals surface area contributed by atoms with Gasteiger partial charge >= 0.3 is 0 Å². The third-order valence-electron chi connectivity index (χ3n) is 2.65. The van der Waals surface area contributed by atoms with Crippen LogP contribution in [0.5, 0.6) is 0 Å². The molecule has 2 amide bonds. The van der Waals surface area contributed by atoms with Gasteiger partial charge in [0.05, 0.1) is 12.1 Å². The minimum absolute atomic E-state index is 0.00853. The highest BCUT2D eigenvalue weighted by atomic mass is 19.1. The number of nitrogens with one attached hydrogen (secondary N) is 1. The van der Waals surface area contributed by atoms with Crippen LogP contribution in [0.25, 0.3) is 0 Å². The highest BCUT2D eigenvalue weighted by molar-refractivity contribution is 5.96. The first-order chi connectivity index (χ1) is 8.95. The second kappa shape index (κ2) is 6.87. The minimum Gasteiger partial charge on any atom is -0.355 e. The van der Waals surface area contributed by atoms with Gasteiger partial charge < -0.3 is 10.2 Å². The molecule has 0 spiro atoms. The molecule has 1 N–H and O–H groups in total. The van der Waals surface area contributed by atoms with E-state index in [0.717, 1.165) is 12.0 Å². The highest BCUT2D eigenvalue weighted by Crippen LogP contribution is 2.12. The number of rotatable bonds is 5. The van der Waals surface area contributed by atoms with Crippen molar-refractivity contribution in [1.82, 2.24) is 10.2 Å². The molecule has 19 heavy (non-hydrogen) atoms. The van der Waals surface area contributed by atoms with Crippen molar-refractivity contribution in [3.05, 3.63) is 35.1 Å². The zero-order valence-corrected chi connectivity index (χ0v) is 11.5. The molecule has 0 aromatic heterocycles. The number of aryl methyl sites for hydroxylation is 1. The largest absolute Gasteiger partial charge is 0.355 e. The number of benzene rings is 1. The molecule has 0 atom stereocenters. The molecule has 0 fully saturated rings. The highest BCUT2D eigenvalue weighted by Gasteiger charge is 2.18. The van der Waals surface area contributed by atoms with E-state index >= 15 is 0 Å². The second-order valence-electron chi connectivity index (χ2n) is 4.49. The standard InChI is InChI=1S/C14H19FN2O2/c1-4-7-16-13(18)9-17(3)14(19)11-8-10(2)5-6-12(11)15/h5-6,8H,4,7,9H2,1-3H3,(H,16,18). The lowest BCUT2D eigenvalue weighted by molar-refractivity contribution is -0.121. The molecular formula is C14H19FN2O2. The molecule has 1 aromatic rings. The van der Waals surface area contributed by atoms with E-state index in [1.54, 1.807) is 13.0 Å². The molecular weight excluding hydrogens is 247 g/mol. The Balaban J connectivity index is 2.71. The summed E-state index contributed by atoms with van der Waals surface area (Å²) in [6.07, 6.45) is 0.829. The van der Waals surface area contributed by atoms with Gasteiger partial charge in [-0.05, 0) is 25.5 Å².